The second-order valence-corrected chi connectivity index (χ2v) is 7.21. The Morgan fingerprint density at radius 3 is 2.74 bits per heavy atom. The molecule has 0 atom stereocenters. The summed E-state index contributed by atoms with van der Waals surface area (Å²) in [6.07, 6.45) is 1.54. The molecule has 3 N–H and O–H groups in total. The topological polar surface area (TPSA) is 85.1 Å². The van der Waals surface area contributed by atoms with Crippen LogP contribution >= 0.6 is 23.6 Å². The number of thiocarbonyl (C=S) groups is 1. The van der Waals surface area contributed by atoms with Gasteiger partial charge in [-0.1, -0.05) is 12.2 Å². The molecule has 100 valence electrons. The van der Waals surface area contributed by atoms with Crippen LogP contribution in [0.2, 0.25) is 0 Å². The van der Waals surface area contributed by atoms with Crippen molar-refractivity contribution < 1.29 is 8.42 Å². The van der Waals surface area contributed by atoms with Gasteiger partial charge in [0.1, 0.15) is 9.20 Å². The summed E-state index contributed by atoms with van der Waals surface area (Å²) in [4.78, 5) is 4.76. The maximum atomic E-state index is 12.1. The van der Waals surface area contributed by atoms with Crippen LogP contribution in [0.5, 0.6) is 0 Å². The number of thiophene rings is 1. The zero-order valence-electron chi connectivity index (χ0n) is 9.95. The molecule has 0 spiro atoms. The summed E-state index contributed by atoms with van der Waals surface area (Å²) >= 11 is 5.85. The quantitative estimate of drug-likeness (QED) is 0.842. The summed E-state index contributed by atoms with van der Waals surface area (Å²) in [5.41, 5.74) is 6.66. The minimum absolute atomic E-state index is 0.171. The van der Waals surface area contributed by atoms with Crippen molar-refractivity contribution in [3.05, 3.63) is 41.0 Å². The number of hydrogen-bond donors (Lipinski definition) is 2. The van der Waals surface area contributed by atoms with Crippen molar-refractivity contribution >= 4 is 44.3 Å². The molecule has 8 heteroatoms. The van der Waals surface area contributed by atoms with Gasteiger partial charge in [0.2, 0.25) is 0 Å². The Bertz CT molecular complexity index is 722. The zero-order chi connectivity index (χ0) is 14.0. The molecule has 2 rings (SSSR count). The Morgan fingerprint density at radius 1 is 1.42 bits per heavy atom. The third kappa shape index (κ3) is 3.28. The first-order valence-corrected chi connectivity index (χ1v) is 7.94. The van der Waals surface area contributed by atoms with Gasteiger partial charge in [-0.05, 0) is 31.2 Å². The van der Waals surface area contributed by atoms with Gasteiger partial charge in [0.05, 0.1) is 10.6 Å². The van der Waals surface area contributed by atoms with E-state index in [4.69, 9.17) is 18.0 Å². The molecular formula is C11H11N3O2S3. The largest absolute Gasteiger partial charge is 0.389 e. The Hall–Kier alpha value is -1.51. The van der Waals surface area contributed by atoms with Crippen molar-refractivity contribution in [1.82, 2.24) is 4.98 Å². The molecular weight excluding hydrogens is 302 g/mol. The van der Waals surface area contributed by atoms with Crippen molar-refractivity contribution in [2.45, 2.75) is 11.1 Å². The monoisotopic (exact) mass is 313 g/mol. The molecule has 0 aliphatic rings. The van der Waals surface area contributed by atoms with E-state index < -0.39 is 10.0 Å². The molecule has 2 aromatic rings. The van der Waals surface area contributed by atoms with E-state index in [0.29, 0.717) is 10.6 Å². The SMILES string of the molecule is Cc1cc(NS(=O)(=O)c2ccc(C(N)=S)s2)ccn1. The van der Waals surface area contributed by atoms with Gasteiger partial charge in [-0.25, -0.2) is 8.42 Å². The maximum Gasteiger partial charge on any atom is 0.271 e. The van der Waals surface area contributed by atoms with Crippen LogP contribution in [0.1, 0.15) is 10.6 Å². The highest BCUT2D eigenvalue weighted by atomic mass is 32.2. The number of aromatic nitrogens is 1. The summed E-state index contributed by atoms with van der Waals surface area (Å²) < 4.78 is 26.9. The number of nitrogens with zero attached hydrogens (tertiary/aromatic N) is 1. The number of nitrogens with one attached hydrogen (secondary N) is 1. The lowest BCUT2D eigenvalue weighted by Gasteiger charge is -2.06. The average molecular weight is 313 g/mol. The standard InChI is InChI=1S/C11H11N3O2S3/c1-7-6-8(4-5-13-7)14-19(15,16)10-3-2-9(18-10)11(12)17/h2-6H,1H3,(H2,12,17)(H,13,14). The van der Waals surface area contributed by atoms with Gasteiger partial charge in [0.15, 0.2) is 0 Å². The lowest BCUT2D eigenvalue weighted by Crippen LogP contribution is -2.11. The first kappa shape index (κ1) is 13.9. The Labute approximate surface area is 120 Å². The van der Waals surface area contributed by atoms with Gasteiger partial charge in [0, 0.05) is 11.9 Å². The number of anilines is 1. The summed E-state index contributed by atoms with van der Waals surface area (Å²) in [7, 11) is -3.62. The predicted molar refractivity (Wildman–Crippen MR) is 80.0 cm³/mol. The van der Waals surface area contributed by atoms with Crippen LogP contribution in [0.4, 0.5) is 5.69 Å². The maximum absolute atomic E-state index is 12.1. The van der Waals surface area contributed by atoms with Crippen LogP contribution in [-0.4, -0.2) is 18.4 Å². The third-order valence-corrected chi connectivity index (χ3v) is 5.58. The minimum atomic E-state index is -3.62. The van der Waals surface area contributed by atoms with Gasteiger partial charge < -0.3 is 5.73 Å². The molecule has 2 heterocycles. The first-order valence-electron chi connectivity index (χ1n) is 5.23. The fourth-order valence-electron chi connectivity index (χ4n) is 1.41. The lowest BCUT2D eigenvalue weighted by atomic mass is 10.3. The van der Waals surface area contributed by atoms with Gasteiger partial charge in [-0.3, -0.25) is 9.71 Å². The van der Waals surface area contributed by atoms with Crippen LogP contribution in [-0.2, 0) is 10.0 Å². The third-order valence-electron chi connectivity index (χ3n) is 2.24. The molecule has 0 unspecified atom stereocenters. The zero-order valence-corrected chi connectivity index (χ0v) is 12.4. The van der Waals surface area contributed by atoms with E-state index >= 15 is 0 Å². The van der Waals surface area contributed by atoms with Crippen LogP contribution in [0.25, 0.3) is 0 Å². The number of aryl methyl sites for hydroxylation is 1. The Balaban J connectivity index is 2.29. The smallest absolute Gasteiger partial charge is 0.271 e. The molecule has 5 nitrogen and oxygen atoms in total. The number of pyridine rings is 1. The predicted octanol–water partition coefficient (Wildman–Crippen LogP) is 1.89. The van der Waals surface area contributed by atoms with E-state index in [9.17, 15) is 8.42 Å². The summed E-state index contributed by atoms with van der Waals surface area (Å²) in [6.45, 7) is 1.79. The highest BCUT2D eigenvalue weighted by Crippen LogP contribution is 2.24. The Morgan fingerprint density at radius 2 is 2.16 bits per heavy atom. The van der Waals surface area contributed by atoms with Gasteiger partial charge in [-0.15, -0.1) is 11.3 Å². The molecule has 0 saturated carbocycles. The first-order chi connectivity index (χ1) is 8.88. The minimum Gasteiger partial charge on any atom is -0.389 e. The number of rotatable bonds is 4. The number of nitrogens with two attached hydrogens (primary N) is 1. The fourth-order valence-corrected chi connectivity index (χ4v) is 3.81. The molecule has 0 radical (unpaired) electrons. The van der Waals surface area contributed by atoms with Crippen LogP contribution in [0, 0.1) is 6.92 Å². The molecule has 0 aliphatic heterocycles. The molecule has 0 saturated heterocycles. The molecule has 19 heavy (non-hydrogen) atoms. The van der Waals surface area contributed by atoms with Crippen LogP contribution in [0.3, 0.4) is 0 Å². The summed E-state index contributed by atoms with van der Waals surface area (Å²) in [6, 6.07) is 6.32. The lowest BCUT2D eigenvalue weighted by molar-refractivity contribution is 0.603. The van der Waals surface area contributed by atoms with Crippen molar-refractivity contribution in [3.63, 3.8) is 0 Å². The fraction of sp³-hybridized carbons (Fsp3) is 0.0909. The van der Waals surface area contributed by atoms with E-state index in [2.05, 4.69) is 9.71 Å². The van der Waals surface area contributed by atoms with Crippen molar-refractivity contribution in [3.8, 4) is 0 Å². The van der Waals surface area contributed by atoms with E-state index in [0.717, 1.165) is 17.0 Å². The van der Waals surface area contributed by atoms with Crippen LogP contribution < -0.4 is 10.5 Å². The second-order valence-electron chi connectivity index (χ2n) is 3.77. The highest BCUT2D eigenvalue weighted by Gasteiger charge is 2.17. The van der Waals surface area contributed by atoms with Gasteiger partial charge >= 0.3 is 0 Å². The second kappa shape index (κ2) is 5.24. The molecule has 0 fully saturated rings. The van der Waals surface area contributed by atoms with E-state index in [1.807, 2.05) is 0 Å². The van der Waals surface area contributed by atoms with Crippen molar-refractivity contribution in [2.75, 3.05) is 4.72 Å². The number of hydrogen-bond acceptors (Lipinski definition) is 5. The molecule has 2 aromatic heterocycles. The van der Waals surface area contributed by atoms with Crippen LogP contribution in [0.15, 0.2) is 34.7 Å². The highest BCUT2D eigenvalue weighted by molar-refractivity contribution is 7.94. The summed E-state index contributed by atoms with van der Waals surface area (Å²) in [5, 5.41) is 0. The molecule has 0 aromatic carbocycles. The van der Waals surface area contributed by atoms with Crippen molar-refractivity contribution in [1.29, 1.82) is 0 Å². The van der Waals surface area contributed by atoms with E-state index in [-0.39, 0.29) is 9.20 Å². The van der Waals surface area contributed by atoms with E-state index in [1.165, 1.54) is 6.07 Å². The van der Waals surface area contributed by atoms with Crippen molar-refractivity contribution in [2.24, 2.45) is 5.73 Å². The Kier molecular flexibility index (Phi) is 3.83. The van der Waals surface area contributed by atoms with Gasteiger partial charge in [0.25, 0.3) is 10.0 Å². The summed E-state index contributed by atoms with van der Waals surface area (Å²) in [5.74, 6) is 0. The van der Waals surface area contributed by atoms with E-state index in [1.54, 1.807) is 31.3 Å². The molecule has 0 aliphatic carbocycles. The normalized spacial score (nSPS) is 11.2. The molecule has 0 bridgehead atoms. The van der Waals surface area contributed by atoms with Gasteiger partial charge in [-0.2, -0.15) is 0 Å². The average Bonchev–Trinajstić information content (AvgIpc) is 2.78. The molecule has 0 amide bonds. The number of sulfonamides is 1.